The van der Waals surface area contributed by atoms with Crippen LogP contribution in [0.2, 0.25) is 0 Å². The largest absolute Gasteiger partial charge is 0.508 e. The molecule has 0 aliphatic carbocycles. The van der Waals surface area contributed by atoms with Crippen LogP contribution in [0.5, 0.6) is 11.5 Å². The number of phenols is 2. The topological polar surface area (TPSA) is 465 Å². The first-order chi connectivity index (χ1) is 47.8. The summed E-state index contributed by atoms with van der Waals surface area (Å²) in [7, 11) is 0. The van der Waals surface area contributed by atoms with Crippen molar-refractivity contribution >= 4 is 71.1 Å². The van der Waals surface area contributed by atoms with E-state index in [1.807, 2.05) is 0 Å². The van der Waals surface area contributed by atoms with Crippen LogP contribution in [0.15, 0.2) is 109 Å². The fourth-order valence-corrected chi connectivity index (χ4v) is 10.9. The predicted octanol–water partition coefficient (Wildman–Crippen LogP) is -0.477. The summed E-state index contributed by atoms with van der Waals surface area (Å²) < 4.78 is 5.87. The number of aromatic hydroxyl groups is 2. The van der Waals surface area contributed by atoms with E-state index in [4.69, 9.17) is 10.5 Å². The van der Waals surface area contributed by atoms with Crippen molar-refractivity contribution in [2.75, 3.05) is 13.2 Å². The van der Waals surface area contributed by atoms with E-state index in [1.54, 1.807) is 75.4 Å². The molecule has 1 aliphatic rings. The number of benzene rings is 4. The van der Waals surface area contributed by atoms with Crippen LogP contribution in [-0.4, -0.2) is 194 Å². The minimum absolute atomic E-state index is 0.0782. The first kappa shape index (κ1) is 81.9. The van der Waals surface area contributed by atoms with Gasteiger partial charge in [-0.05, 0) is 129 Å². The molecule has 1 saturated heterocycles. The molecule has 101 heavy (non-hydrogen) atoms. The number of hydrogen-bond acceptors (Lipinski definition) is 19. The number of hydrogen-bond donors (Lipinski definition) is 17. The first-order valence-corrected chi connectivity index (χ1v) is 33.7. The first-order valence-electron chi connectivity index (χ1n) is 33.7. The van der Waals surface area contributed by atoms with Crippen molar-refractivity contribution in [3.8, 4) is 11.5 Å². The Bertz CT molecular complexity index is 3480. The van der Waals surface area contributed by atoms with Gasteiger partial charge in [-0.3, -0.25) is 47.9 Å². The molecule has 0 bridgehead atoms. The molecule has 4 aromatic rings. The highest BCUT2D eigenvalue weighted by Crippen LogP contribution is 2.19. The number of carbonyl (C=O) groups is 11. The van der Waals surface area contributed by atoms with Gasteiger partial charge >= 0.3 is 5.97 Å². The summed E-state index contributed by atoms with van der Waals surface area (Å²) in [5, 5.41) is 90.7. The molecule has 0 spiro atoms. The van der Waals surface area contributed by atoms with Gasteiger partial charge in [0.2, 0.25) is 59.1 Å². The van der Waals surface area contributed by atoms with Gasteiger partial charge in [0.05, 0.1) is 24.9 Å². The summed E-state index contributed by atoms with van der Waals surface area (Å²) in [6.07, 6.45) is -5.17. The number of cyclic esters (lactones) is 1. The van der Waals surface area contributed by atoms with Gasteiger partial charge in [0.25, 0.3) is 0 Å². The number of rotatable bonds is 21. The van der Waals surface area contributed by atoms with Crippen LogP contribution in [0.4, 0.5) is 0 Å². The summed E-state index contributed by atoms with van der Waals surface area (Å²) in [4.78, 5) is 161. The molecule has 14 atom stereocenters. The molecule has 18 N–H and O–H groups in total. The Morgan fingerprint density at radius 3 is 1.43 bits per heavy atom. The molecule has 1 fully saturated rings. The molecule has 1 heterocycles. The summed E-state index contributed by atoms with van der Waals surface area (Å²) >= 11 is 0. The quantitative estimate of drug-likeness (QED) is 0.0285. The minimum atomic E-state index is -2.06. The molecule has 29 nitrogen and oxygen atoms in total. The van der Waals surface area contributed by atoms with Gasteiger partial charge in [0, 0.05) is 25.3 Å². The highest BCUT2D eigenvalue weighted by molar-refractivity contribution is 6.00. The third-order valence-electron chi connectivity index (χ3n) is 16.9. The number of ether oxygens (including phenoxy) is 1. The van der Waals surface area contributed by atoms with Crippen molar-refractivity contribution in [3.05, 3.63) is 137 Å². The highest BCUT2D eigenvalue weighted by Gasteiger charge is 2.42. The van der Waals surface area contributed by atoms with Crippen molar-refractivity contribution in [2.24, 2.45) is 23.5 Å². The maximum atomic E-state index is 15.1. The Morgan fingerprint density at radius 2 is 0.921 bits per heavy atom. The number of nitrogens with one attached hydrogen (secondary N) is 10. The smallest absolute Gasteiger partial charge is 0.331 e. The van der Waals surface area contributed by atoms with Gasteiger partial charge in [-0.25, -0.2) is 4.79 Å². The summed E-state index contributed by atoms with van der Waals surface area (Å²) in [5.41, 5.74) is 8.43. The number of phenolic OH excluding ortho intramolecular Hbond substituents is 2. The lowest BCUT2D eigenvalue weighted by Crippen LogP contribution is -2.64. The molecule has 0 radical (unpaired) electrons. The lowest BCUT2D eigenvalue weighted by atomic mass is 9.97. The van der Waals surface area contributed by atoms with Gasteiger partial charge < -0.3 is 94.3 Å². The number of esters is 1. The molecule has 550 valence electrons. The monoisotopic (exact) mass is 1410 g/mol. The van der Waals surface area contributed by atoms with Gasteiger partial charge in [0.15, 0.2) is 6.04 Å². The fraction of sp³-hybridized carbons (Fsp3) is 0.486. The van der Waals surface area contributed by atoms with Crippen molar-refractivity contribution in [3.63, 3.8) is 0 Å². The molecule has 0 aromatic heterocycles. The lowest BCUT2D eigenvalue weighted by Gasteiger charge is -2.31. The van der Waals surface area contributed by atoms with Crippen LogP contribution in [0, 0.1) is 24.7 Å². The average molecular weight is 1410 g/mol. The Balaban J connectivity index is 1.71. The van der Waals surface area contributed by atoms with Crippen LogP contribution in [0.3, 0.4) is 0 Å². The number of nitrogens with two attached hydrogens (primary N) is 1. The van der Waals surface area contributed by atoms with Gasteiger partial charge in [0.1, 0.15) is 72.0 Å². The fourth-order valence-electron chi connectivity index (χ4n) is 10.9. The van der Waals surface area contributed by atoms with E-state index in [9.17, 15) is 73.8 Å². The second kappa shape index (κ2) is 39.8. The molecule has 0 unspecified atom stereocenters. The molecule has 10 amide bonds. The van der Waals surface area contributed by atoms with E-state index in [2.05, 4.69) is 53.2 Å². The van der Waals surface area contributed by atoms with E-state index >= 15 is 9.59 Å². The van der Waals surface area contributed by atoms with Crippen molar-refractivity contribution in [1.82, 2.24) is 53.2 Å². The summed E-state index contributed by atoms with van der Waals surface area (Å²) in [5.74, 6) is -14.6. The molecule has 0 saturated carbocycles. The van der Waals surface area contributed by atoms with Crippen molar-refractivity contribution in [1.29, 1.82) is 0 Å². The van der Waals surface area contributed by atoms with E-state index in [0.29, 0.717) is 23.1 Å². The number of aryl methyl sites for hydroxylation is 1. The van der Waals surface area contributed by atoms with E-state index in [-0.39, 0.29) is 61.6 Å². The third-order valence-corrected chi connectivity index (χ3v) is 16.9. The molecular formula is C72H99N11O18. The highest BCUT2D eigenvalue weighted by atomic mass is 16.5. The average Bonchev–Trinajstić information content (AvgIpc) is 0.851. The molecule has 29 heteroatoms. The maximum Gasteiger partial charge on any atom is 0.331 e. The molecule has 1 aliphatic heterocycles. The Hall–Kier alpha value is -9.81. The second-order valence-corrected chi connectivity index (χ2v) is 26.4. The van der Waals surface area contributed by atoms with Gasteiger partial charge in [-0.2, -0.15) is 0 Å². The summed E-state index contributed by atoms with van der Waals surface area (Å²) in [6.45, 7) is 12.5. The van der Waals surface area contributed by atoms with E-state index in [0.717, 1.165) is 18.6 Å². The van der Waals surface area contributed by atoms with Crippen molar-refractivity contribution < 1.29 is 88.1 Å². The van der Waals surface area contributed by atoms with E-state index in [1.165, 1.54) is 89.2 Å². The molecular weight excluding hydrogens is 1310 g/mol. The SMILES string of the molecule is Cc1ccccc1/C=C/C(=O)N[C@H]1C(=O)N[C@H](Cc2ccccc2)C(=O)N[C@@H](CC(C)C)C(=O)N[C@H](Cc2ccc(O)cc2)C(=O)N[C@H](CCCCN)C(=O)N[C@@H]([C@H](O)C(C)C)C(=O)N[C@@H](CO)C(=O)N[C@H](Cc2ccc(O)cc2)C(=O)N[C@H]([C@H](C)O)C(=O)N[C@@H]([C@H](O)C(C)C)C(=O)O[C@@H]1C. The third kappa shape index (κ3) is 25.7. The predicted molar refractivity (Wildman–Crippen MR) is 372 cm³/mol. The number of aliphatic hydroxyl groups is 4. The Kier molecular flexibility index (Phi) is 32.3. The van der Waals surface area contributed by atoms with Crippen LogP contribution in [0.25, 0.3) is 6.08 Å². The zero-order valence-corrected chi connectivity index (χ0v) is 58.3. The van der Waals surface area contributed by atoms with Crippen molar-refractivity contribution in [2.45, 2.75) is 192 Å². The van der Waals surface area contributed by atoms with Gasteiger partial charge in [-0.15, -0.1) is 0 Å². The van der Waals surface area contributed by atoms with Gasteiger partial charge in [-0.1, -0.05) is 120 Å². The number of carbonyl (C=O) groups excluding carboxylic acids is 11. The number of amides is 10. The Morgan fingerprint density at radius 1 is 0.505 bits per heavy atom. The number of aliphatic hydroxyl groups excluding tert-OH is 4. The zero-order chi connectivity index (χ0) is 74.8. The van der Waals surface area contributed by atoms with Crippen LogP contribution in [0.1, 0.15) is 109 Å². The zero-order valence-electron chi connectivity index (χ0n) is 58.3. The number of unbranched alkanes of at least 4 members (excludes halogenated alkanes) is 1. The molecule has 4 aromatic carbocycles. The second-order valence-electron chi connectivity index (χ2n) is 26.4. The van der Waals surface area contributed by atoms with Crippen LogP contribution >= 0.6 is 0 Å². The standard InChI is InChI=1S/C72H99N11O18/c1-38(2)33-51-64(92)76-52(35-45-22-27-48(86)28-23-45)65(93)74-50(21-15-16-32-73)63(91)82-59(61(89)39(3)4)71(99)79-55(37-84)68(96)77-54(36-46-24-29-49(87)30-25-46)67(95)81-57(42(8)85)69(97)83-60(62(90)40(5)6)72(100)101-43(9)58(80-56(88)31-26-47-20-14-13-17-41(47)7)70(98)78-53(66(94)75-51)34-44-18-11-10-12-19-44/h10-14,17-20,22-31,38-40,42-43,50-55,57-62,84-87,89-90H,15-16,21,32-37,73H2,1-9H3,(H,74,93)(H,75,94)(H,76,92)(H,77,96)(H,78,98)(H,79,99)(H,80,88)(H,81,95)(H,82,91)(H,83,97)/b31-26+/t42-,43+,50+,51-,52+,53+,54+,55-,57+,58+,59-,60-,61+,62+/m0/s1. The van der Waals surface area contributed by atoms with E-state index < -0.39 is 175 Å². The Labute approximate surface area is 587 Å². The normalized spacial score (nSPS) is 24.2. The summed E-state index contributed by atoms with van der Waals surface area (Å²) in [6, 6.07) is 8.50. The lowest BCUT2D eigenvalue weighted by molar-refractivity contribution is -0.160. The maximum absolute atomic E-state index is 15.1. The van der Waals surface area contributed by atoms with Crippen LogP contribution < -0.4 is 58.9 Å². The minimum Gasteiger partial charge on any atom is -0.508 e. The van der Waals surface area contributed by atoms with Crippen LogP contribution in [-0.2, 0) is 76.7 Å². The molecule has 5 rings (SSSR count).